The molecule has 1 aliphatic rings. The highest BCUT2D eigenvalue weighted by molar-refractivity contribution is 7.84. The Morgan fingerprint density at radius 3 is 2.89 bits per heavy atom. The van der Waals surface area contributed by atoms with Gasteiger partial charge in [0, 0.05) is 29.4 Å². The Hall–Kier alpha value is -0.720. The Balaban J connectivity index is 2.15. The van der Waals surface area contributed by atoms with E-state index in [1.807, 2.05) is 23.3 Å². The number of thiophene rings is 1. The highest BCUT2D eigenvalue weighted by Gasteiger charge is 2.38. The van der Waals surface area contributed by atoms with Crippen molar-refractivity contribution in [2.45, 2.75) is 25.6 Å². The van der Waals surface area contributed by atoms with Gasteiger partial charge in [-0.15, -0.1) is 0 Å². The van der Waals surface area contributed by atoms with Crippen LogP contribution in [0.25, 0.3) is 0 Å². The Bertz CT molecular complexity index is 433. The molecule has 2 rings (SSSR count). The molecular formula is C12H18N2O2S2. The molecule has 0 spiro atoms. The SMILES string of the molecule is CCC1NC(c2ccsc2)N(CCS(C)=O)C1=O. The number of carbonyl (C=O) groups excluding carboxylic acids is 1. The van der Waals surface area contributed by atoms with Gasteiger partial charge in [0.2, 0.25) is 5.91 Å². The Labute approximate surface area is 114 Å². The summed E-state index contributed by atoms with van der Waals surface area (Å²) in [6.45, 7) is 2.55. The second-order valence-electron chi connectivity index (χ2n) is 4.40. The Morgan fingerprint density at radius 1 is 1.56 bits per heavy atom. The summed E-state index contributed by atoms with van der Waals surface area (Å²) >= 11 is 1.62. The average Bonchev–Trinajstić information content (AvgIpc) is 2.94. The van der Waals surface area contributed by atoms with Crippen LogP contribution in [0.2, 0.25) is 0 Å². The molecule has 2 heterocycles. The second kappa shape index (κ2) is 5.95. The summed E-state index contributed by atoms with van der Waals surface area (Å²) in [6.07, 6.45) is 2.40. The second-order valence-corrected chi connectivity index (χ2v) is 6.73. The highest BCUT2D eigenvalue weighted by atomic mass is 32.2. The molecule has 0 saturated carbocycles. The lowest BCUT2D eigenvalue weighted by atomic mass is 10.2. The maximum absolute atomic E-state index is 12.2. The van der Waals surface area contributed by atoms with Crippen molar-refractivity contribution in [1.29, 1.82) is 0 Å². The van der Waals surface area contributed by atoms with Gasteiger partial charge in [-0.25, -0.2) is 0 Å². The molecule has 1 aliphatic heterocycles. The molecule has 4 nitrogen and oxygen atoms in total. The fraction of sp³-hybridized carbons (Fsp3) is 0.583. The van der Waals surface area contributed by atoms with E-state index < -0.39 is 10.8 Å². The van der Waals surface area contributed by atoms with Gasteiger partial charge in [0.05, 0.1) is 6.04 Å². The average molecular weight is 286 g/mol. The summed E-state index contributed by atoms with van der Waals surface area (Å²) in [5.74, 6) is 0.656. The fourth-order valence-corrected chi connectivity index (χ4v) is 3.28. The molecule has 1 fully saturated rings. The first-order valence-electron chi connectivity index (χ1n) is 6.02. The minimum atomic E-state index is -0.870. The summed E-state index contributed by atoms with van der Waals surface area (Å²) in [6, 6.07) is 1.92. The number of nitrogens with one attached hydrogen (secondary N) is 1. The number of amides is 1. The van der Waals surface area contributed by atoms with E-state index in [0.29, 0.717) is 12.3 Å². The van der Waals surface area contributed by atoms with E-state index in [0.717, 1.165) is 12.0 Å². The monoisotopic (exact) mass is 286 g/mol. The zero-order chi connectivity index (χ0) is 13.1. The molecule has 0 radical (unpaired) electrons. The predicted octanol–water partition coefficient (Wildman–Crippen LogP) is 1.34. The molecule has 0 aromatic carbocycles. The van der Waals surface area contributed by atoms with Crippen molar-refractivity contribution in [1.82, 2.24) is 10.2 Å². The van der Waals surface area contributed by atoms with Gasteiger partial charge in [-0.1, -0.05) is 6.92 Å². The number of hydrogen-bond acceptors (Lipinski definition) is 4. The molecule has 3 unspecified atom stereocenters. The maximum atomic E-state index is 12.2. The smallest absolute Gasteiger partial charge is 0.241 e. The zero-order valence-electron chi connectivity index (χ0n) is 10.6. The molecular weight excluding hydrogens is 268 g/mol. The predicted molar refractivity (Wildman–Crippen MR) is 74.9 cm³/mol. The summed E-state index contributed by atoms with van der Waals surface area (Å²) in [4.78, 5) is 14.0. The largest absolute Gasteiger partial charge is 0.321 e. The van der Waals surface area contributed by atoms with Gasteiger partial charge in [0.15, 0.2) is 0 Å². The summed E-state index contributed by atoms with van der Waals surface area (Å²) in [5.41, 5.74) is 1.12. The Morgan fingerprint density at radius 2 is 2.33 bits per heavy atom. The molecule has 18 heavy (non-hydrogen) atoms. The molecule has 1 amide bonds. The van der Waals surface area contributed by atoms with E-state index in [-0.39, 0.29) is 18.1 Å². The quantitative estimate of drug-likeness (QED) is 0.888. The third-order valence-corrected chi connectivity index (χ3v) is 4.60. The van der Waals surface area contributed by atoms with Gasteiger partial charge in [-0.3, -0.25) is 14.3 Å². The lowest BCUT2D eigenvalue weighted by Crippen LogP contribution is -2.34. The zero-order valence-corrected chi connectivity index (χ0v) is 12.2. The van der Waals surface area contributed by atoms with Gasteiger partial charge in [-0.05, 0) is 28.8 Å². The minimum Gasteiger partial charge on any atom is -0.321 e. The van der Waals surface area contributed by atoms with E-state index >= 15 is 0 Å². The van der Waals surface area contributed by atoms with E-state index in [2.05, 4.69) is 10.7 Å². The van der Waals surface area contributed by atoms with Gasteiger partial charge >= 0.3 is 0 Å². The van der Waals surface area contributed by atoms with Crippen molar-refractivity contribution < 1.29 is 9.00 Å². The summed E-state index contributed by atoms with van der Waals surface area (Å²) in [5, 5.41) is 7.42. The normalized spacial score (nSPS) is 25.7. The van der Waals surface area contributed by atoms with Crippen molar-refractivity contribution in [2.24, 2.45) is 0 Å². The third-order valence-electron chi connectivity index (χ3n) is 3.14. The Kier molecular flexibility index (Phi) is 4.53. The molecule has 1 saturated heterocycles. The lowest BCUT2D eigenvalue weighted by Gasteiger charge is -2.23. The number of hydrogen-bond donors (Lipinski definition) is 1. The third kappa shape index (κ3) is 2.81. The molecule has 3 atom stereocenters. The van der Waals surface area contributed by atoms with Crippen LogP contribution in [0.15, 0.2) is 16.8 Å². The van der Waals surface area contributed by atoms with E-state index in [1.54, 1.807) is 17.6 Å². The van der Waals surface area contributed by atoms with Gasteiger partial charge < -0.3 is 4.90 Å². The molecule has 1 aromatic rings. The van der Waals surface area contributed by atoms with Crippen molar-refractivity contribution in [3.63, 3.8) is 0 Å². The van der Waals surface area contributed by atoms with Crippen molar-refractivity contribution >= 4 is 28.0 Å². The van der Waals surface area contributed by atoms with Crippen LogP contribution in [0.4, 0.5) is 0 Å². The first kappa shape index (κ1) is 13.7. The van der Waals surface area contributed by atoms with E-state index in [1.165, 1.54) is 0 Å². The lowest BCUT2D eigenvalue weighted by molar-refractivity contribution is -0.129. The molecule has 6 heteroatoms. The first-order chi connectivity index (χ1) is 8.63. The van der Waals surface area contributed by atoms with Crippen molar-refractivity contribution in [3.05, 3.63) is 22.4 Å². The number of nitrogens with zero attached hydrogens (tertiary/aromatic N) is 1. The van der Waals surface area contributed by atoms with Crippen LogP contribution in [0.3, 0.4) is 0 Å². The van der Waals surface area contributed by atoms with Crippen molar-refractivity contribution in [2.75, 3.05) is 18.6 Å². The highest BCUT2D eigenvalue weighted by Crippen LogP contribution is 2.27. The van der Waals surface area contributed by atoms with Gasteiger partial charge in [-0.2, -0.15) is 11.3 Å². The topological polar surface area (TPSA) is 49.4 Å². The summed E-state index contributed by atoms with van der Waals surface area (Å²) in [7, 11) is -0.870. The van der Waals surface area contributed by atoms with Crippen LogP contribution in [-0.2, 0) is 15.6 Å². The molecule has 1 N–H and O–H groups in total. The van der Waals surface area contributed by atoms with Crippen LogP contribution < -0.4 is 5.32 Å². The van der Waals surface area contributed by atoms with Crippen LogP contribution >= 0.6 is 11.3 Å². The van der Waals surface area contributed by atoms with Crippen LogP contribution in [0, 0.1) is 0 Å². The number of carbonyl (C=O) groups is 1. The minimum absolute atomic E-state index is 0.0581. The fourth-order valence-electron chi connectivity index (χ4n) is 2.14. The van der Waals surface area contributed by atoms with Crippen LogP contribution in [0.5, 0.6) is 0 Å². The molecule has 0 aliphatic carbocycles. The molecule has 100 valence electrons. The maximum Gasteiger partial charge on any atom is 0.241 e. The standard InChI is InChI=1S/C12H18N2O2S2/c1-3-10-12(15)14(5-7-18(2)16)11(13-10)9-4-6-17-8-9/h4,6,8,10-11,13H,3,5,7H2,1-2H3. The van der Waals surface area contributed by atoms with Gasteiger partial charge in [0.1, 0.15) is 6.17 Å². The van der Waals surface area contributed by atoms with E-state index in [4.69, 9.17) is 0 Å². The summed E-state index contributed by atoms with van der Waals surface area (Å²) < 4.78 is 11.2. The van der Waals surface area contributed by atoms with Gasteiger partial charge in [0.25, 0.3) is 0 Å². The van der Waals surface area contributed by atoms with Crippen LogP contribution in [0.1, 0.15) is 25.1 Å². The molecule has 0 bridgehead atoms. The van der Waals surface area contributed by atoms with Crippen LogP contribution in [-0.4, -0.2) is 39.6 Å². The van der Waals surface area contributed by atoms with E-state index in [9.17, 15) is 9.00 Å². The number of rotatable bonds is 5. The van der Waals surface area contributed by atoms with Crippen molar-refractivity contribution in [3.8, 4) is 0 Å². The molecule has 1 aromatic heterocycles. The first-order valence-corrected chi connectivity index (χ1v) is 8.69.